The molecule has 2 aromatic carbocycles. The van der Waals surface area contributed by atoms with Gasteiger partial charge in [-0.1, -0.05) is 12.1 Å². The van der Waals surface area contributed by atoms with Crippen molar-refractivity contribution < 1.29 is 18.3 Å². The lowest BCUT2D eigenvalue weighted by atomic mass is 9.92. The molecule has 0 unspecified atom stereocenters. The van der Waals surface area contributed by atoms with E-state index in [4.69, 9.17) is 4.74 Å². The highest BCUT2D eigenvalue weighted by molar-refractivity contribution is 5.94. The maximum absolute atomic E-state index is 13.2. The first-order chi connectivity index (χ1) is 12.3. The number of amides is 1. The van der Waals surface area contributed by atoms with Gasteiger partial charge in [0.2, 0.25) is 0 Å². The van der Waals surface area contributed by atoms with E-state index in [-0.39, 0.29) is 29.2 Å². The molecule has 3 rings (SSSR count). The van der Waals surface area contributed by atoms with Gasteiger partial charge in [0, 0.05) is 24.8 Å². The van der Waals surface area contributed by atoms with Gasteiger partial charge >= 0.3 is 0 Å². The van der Waals surface area contributed by atoms with Crippen molar-refractivity contribution in [3.8, 4) is 0 Å². The number of hydrogen-bond acceptors (Lipinski definition) is 2. The molecule has 0 bridgehead atoms. The van der Waals surface area contributed by atoms with Gasteiger partial charge in [0.1, 0.15) is 11.6 Å². The van der Waals surface area contributed by atoms with Crippen LogP contribution >= 0.6 is 0 Å². The van der Waals surface area contributed by atoms with Crippen molar-refractivity contribution in [2.75, 3.05) is 6.61 Å². The van der Waals surface area contributed by atoms with Crippen LogP contribution in [-0.4, -0.2) is 29.1 Å². The predicted octanol–water partition coefficient (Wildman–Crippen LogP) is 4.56. The Morgan fingerprint density at radius 1 is 1.08 bits per heavy atom. The summed E-state index contributed by atoms with van der Waals surface area (Å²) in [5.74, 6) is -0.840. The van der Waals surface area contributed by atoms with Gasteiger partial charge in [0.15, 0.2) is 0 Å². The number of ether oxygens (including phenoxy) is 1. The molecule has 26 heavy (non-hydrogen) atoms. The first kappa shape index (κ1) is 18.5. The van der Waals surface area contributed by atoms with E-state index in [1.807, 2.05) is 13.8 Å². The summed E-state index contributed by atoms with van der Waals surface area (Å²) in [7, 11) is 0. The fourth-order valence-electron chi connectivity index (χ4n) is 3.38. The fourth-order valence-corrected chi connectivity index (χ4v) is 3.38. The third-order valence-electron chi connectivity index (χ3n) is 4.73. The molecule has 1 atom stereocenters. The standard InChI is InChI=1S/C21H23F2NO2/c1-21(2)13-19(11-12-26-21)24(14-15-3-7-17(22)8-4-15)20(25)16-5-9-18(23)10-6-16/h3-10,19H,11-14H2,1-2H3/t19-/m1/s1. The van der Waals surface area contributed by atoms with E-state index in [1.54, 1.807) is 17.0 Å². The van der Waals surface area contributed by atoms with Gasteiger partial charge in [-0.25, -0.2) is 8.78 Å². The van der Waals surface area contributed by atoms with Crippen molar-refractivity contribution >= 4 is 5.91 Å². The number of carbonyl (C=O) groups is 1. The molecule has 1 aliphatic heterocycles. The van der Waals surface area contributed by atoms with Crippen molar-refractivity contribution in [3.05, 3.63) is 71.3 Å². The van der Waals surface area contributed by atoms with Crippen LogP contribution in [0.15, 0.2) is 48.5 Å². The number of nitrogens with zero attached hydrogens (tertiary/aromatic N) is 1. The lowest BCUT2D eigenvalue weighted by Gasteiger charge is -2.41. The molecule has 1 saturated heterocycles. The molecule has 3 nitrogen and oxygen atoms in total. The number of benzene rings is 2. The van der Waals surface area contributed by atoms with E-state index in [9.17, 15) is 13.6 Å². The predicted molar refractivity (Wildman–Crippen MR) is 95.7 cm³/mol. The minimum atomic E-state index is -0.376. The maximum atomic E-state index is 13.2. The summed E-state index contributed by atoms with van der Waals surface area (Å²) in [6.07, 6.45) is 1.44. The number of carbonyl (C=O) groups excluding carboxylic acids is 1. The Bertz CT molecular complexity index is 757. The molecule has 1 heterocycles. The topological polar surface area (TPSA) is 29.5 Å². The molecule has 0 N–H and O–H groups in total. The van der Waals surface area contributed by atoms with Crippen LogP contribution in [0.1, 0.15) is 42.6 Å². The molecule has 2 aromatic rings. The van der Waals surface area contributed by atoms with E-state index in [0.717, 1.165) is 12.0 Å². The van der Waals surface area contributed by atoms with Crippen molar-refractivity contribution in [2.45, 2.75) is 44.9 Å². The third-order valence-corrected chi connectivity index (χ3v) is 4.73. The van der Waals surface area contributed by atoms with Crippen molar-refractivity contribution in [2.24, 2.45) is 0 Å². The van der Waals surface area contributed by atoms with Gasteiger partial charge in [-0.15, -0.1) is 0 Å². The number of halogens is 2. The first-order valence-electron chi connectivity index (χ1n) is 8.79. The minimum Gasteiger partial charge on any atom is -0.375 e. The lowest BCUT2D eigenvalue weighted by molar-refractivity contribution is -0.0792. The van der Waals surface area contributed by atoms with Gasteiger partial charge in [-0.05, 0) is 68.7 Å². The minimum absolute atomic E-state index is 0.00126. The Hall–Kier alpha value is -2.27. The van der Waals surface area contributed by atoms with Crippen LogP contribution in [-0.2, 0) is 11.3 Å². The highest BCUT2D eigenvalue weighted by Gasteiger charge is 2.34. The molecule has 0 saturated carbocycles. The molecule has 1 amide bonds. The Morgan fingerprint density at radius 2 is 1.65 bits per heavy atom. The zero-order chi connectivity index (χ0) is 18.7. The van der Waals surface area contributed by atoms with Crippen molar-refractivity contribution in [1.82, 2.24) is 4.90 Å². The van der Waals surface area contributed by atoms with Crippen LogP contribution in [0, 0.1) is 11.6 Å². The van der Waals surface area contributed by atoms with Crippen LogP contribution in [0.5, 0.6) is 0 Å². The van der Waals surface area contributed by atoms with Crippen LogP contribution in [0.4, 0.5) is 8.78 Å². The highest BCUT2D eigenvalue weighted by atomic mass is 19.1. The van der Waals surface area contributed by atoms with Gasteiger partial charge in [0.05, 0.1) is 5.60 Å². The molecule has 0 spiro atoms. The van der Waals surface area contributed by atoms with Gasteiger partial charge < -0.3 is 9.64 Å². The second-order valence-corrected chi connectivity index (χ2v) is 7.32. The largest absolute Gasteiger partial charge is 0.375 e. The summed E-state index contributed by atoms with van der Waals surface area (Å²) in [5.41, 5.74) is 0.983. The normalized spacial score (nSPS) is 19.2. The van der Waals surface area contributed by atoms with Crippen LogP contribution < -0.4 is 0 Å². The van der Waals surface area contributed by atoms with E-state index in [0.29, 0.717) is 25.1 Å². The average molecular weight is 359 g/mol. The summed E-state index contributed by atoms with van der Waals surface area (Å²) in [6.45, 7) is 4.97. The third kappa shape index (κ3) is 4.47. The van der Waals surface area contributed by atoms with E-state index >= 15 is 0 Å². The Balaban J connectivity index is 1.88. The molecule has 0 radical (unpaired) electrons. The fraction of sp³-hybridized carbons (Fsp3) is 0.381. The Kier molecular flexibility index (Phi) is 5.37. The van der Waals surface area contributed by atoms with E-state index < -0.39 is 0 Å². The van der Waals surface area contributed by atoms with Gasteiger partial charge in [-0.2, -0.15) is 0 Å². The maximum Gasteiger partial charge on any atom is 0.254 e. The van der Waals surface area contributed by atoms with Gasteiger partial charge in [0.25, 0.3) is 5.91 Å². The van der Waals surface area contributed by atoms with Gasteiger partial charge in [-0.3, -0.25) is 4.79 Å². The Morgan fingerprint density at radius 3 is 2.23 bits per heavy atom. The molecule has 0 aromatic heterocycles. The lowest BCUT2D eigenvalue weighted by Crippen LogP contribution is -2.48. The summed E-state index contributed by atoms with van der Waals surface area (Å²) in [5, 5.41) is 0. The molecule has 1 fully saturated rings. The summed E-state index contributed by atoms with van der Waals surface area (Å²) < 4.78 is 32.2. The Labute approximate surface area is 152 Å². The van der Waals surface area contributed by atoms with Crippen LogP contribution in [0.2, 0.25) is 0 Å². The summed E-state index contributed by atoms with van der Waals surface area (Å²) in [6, 6.07) is 11.7. The summed E-state index contributed by atoms with van der Waals surface area (Å²) >= 11 is 0. The second-order valence-electron chi connectivity index (χ2n) is 7.32. The molecular formula is C21H23F2NO2. The molecule has 138 valence electrons. The summed E-state index contributed by atoms with van der Waals surface area (Å²) in [4.78, 5) is 14.9. The first-order valence-corrected chi connectivity index (χ1v) is 8.79. The smallest absolute Gasteiger partial charge is 0.254 e. The van der Waals surface area contributed by atoms with Crippen molar-refractivity contribution in [3.63, 3.8) is 0 Å². The molecule has 1 aliphatic rings. The molecule has 0 aliphatic carbocycles. The highest BCUT2D eigenvalue weighted by Crippen LogP contribution is 2.29. The molecule has 5 heteroatoms. The molecular weight excluding hydrogens is 336 g/mol. The second kappa shape index (κ2) is 7.54. The van der Waals surface area contributed by atoms with Crippen molar-refractivity contribution in [1.29, 1.82) is 0 Å². The SMILES string of the molecule is CC1(C)C[C@H](N(Cc2ccc(F)cc2)C(=O)c2ccc(F)cc2)CCO1. The quantitative estimate of drug-likeness (QED) is 0.801. The number of rotatable bonds is 4. The van der Waals surface area contributed by atoms with E-state index in [1.165, 1.54) is 36.4 Å². The zero-order valence-electron chi connectivity index (χ0n) is 15.0. The monoisotopic (exact) mass is 359 g/mol. The zero-order valence-corrected chi connectivity index (χ0v) is 15.0. The van der Waals surface area contributed by atoms with E-state index in [2.05, 4.69) is 0 Å². The van der Waals surface area contributed by atoms with Crippen LogP contribution in [0.25, 0.3) is 0 Å². The average Bonchev–Trinajstić information content (AvgIpc) is 2.60. The number of hydrogen-bond donors (Lipinski definition) is 0. The van der Waals surface area contributed by atoms with Crippen LogP contribution in [0.3, 0.4) is 0 Å².